The third kappa shape index (κ3) is 3.16. The molecular weight excluding hydrogens is 220 g/mol. The predicted octanol–water partition coefficient (Wildman–Crippen LogP) is 0.706. The van der Waals surface area contributed by atoms with Gasteiger partial charge in [-0.05, 0) is 19.3 Å². The van der Waals surface area contributed by atoms with Gasteiger partial charge in [-0.25, -0.2) is 0 Å². The van der Waals surface area contributed by atoms with E-state index in [0.29, 0.717) is 6.04 Å². The summed E-state index contributed by atoms with van der Waals surface area (Å²) in [7, 11) is 0. The van der Waals surface area contributed by atoms with Crippen LogP contribution in [0.4, 0.5) is 0 Å². The van der Waals surface area contributed by atoms with Crippen molar-refractivity contribution >= 4 is 17.7 Å². The van der Waals surface area contributed by atoms with E-state index < -0.39 is 0 Å². The molecule has 16 heavy (non-hydrogen) atoms. The number of hydrogen-bond donors (Lipinski definition) is 1. The fourth-order valence-electron chi connectivity index (χ4n) is 1.96. The minimum Gasteiger partial charge on any atom is -0.340 e. The number of nitrogens with one attached hydrogen (secondary N) is 1. The molecule has 0 bridgehead atoms. The fourth-order valence-corrected chi connectivity index (χ4v) is 2.57. The molecule has 2 aliphatic rings. The second-order valence-corrected chi connectivity index (χ2v) is 5.47. The number of carbonyl (C=O) groups excluding carboxylic acids is 1. The van der Waals surface area contributed by atoms with Gasteiger partial charge in [0.2, 0.25) is 5.91 Å². The monoisotopic (exact) mass is 238 g/mol. The lowest BCUT2D eigenvalue weighted by Gasteiger charge is -2.16. The van der Waals surface area contributed by atoms with Gasteiger partial charge in [-0.2, -0.15) is 0 Å². The molecule has 1 amide bonds. The van der Waals surface area contributed by atoms with Gasteiger partial charge in [0.1, 0.15) is 0 Å². The highest BCUT2D eigenvalue weighted by molar-refractivity contribution is 7.99. The van der Waals surface area contributed by atoms with Crippen LogP contribution in [0.3, 0.4) is 0 Å². The zero-order valence-corrected chi connectivity index (χ0v) is 10.3. The molecule has 1 saturated carbocycles. The maximum Gasteiger partial charge on any atom is 0.239 e. The van der Waals surface area contributed by atoms with E-state index in [1.807, 2.05) is 4.90 Å². The Bertz CT molecular complexity index is 296. The van der Waals surface area contributed by atoms with E-state index in [2.05, 4.69) is 11.2 Å². The third-order valence-electron chi connectivity index (χ3n) is 3.00. The normalized spacial score (nSPS) is 24.8. The van der Waals surface area contributed by atoms with Gasteiger partial charge in [0.05, 0.1) is 11.8 Å². The Labute approximate surface area is 101 Å². The first-order chi connectivity index (χ1) is 7.81. The van der Waals surface area contributed by atoms with E-state index in [1.54, 1.807) is 11.8 Å². The van der Waals surface area contributed by atoms with Crippen LogP contribution in [0.5, 0.6) is 0 Å². The van der Waals surface area contributed by atoms with Gasteiger partial charge < -0.3 is 10.2 Å². The molecule has 1 unspecified atom stereocenters. The lowest BCUT2D eigenvalue weighted by molar-refractivity contribution is -0.129. The Morgan fingerprint density at radius 2 is 2.31 bits per heavy atom. The Hall–Kier alpha value is -0.660. The molecule has 0 radical (unpaired) electrons. The smallest absolute Gasteiger partial charge is 0.239 e. The number of hydrogen-bond acceptors (Lipinski definition) is 3. The van der Waals surface area contributed by atoms with Crippen LogP contribution in [-0.4, -0.2) is 47.5 Å². The van der Waals surface area contributed by atoms with Crippen LogP contribution in [0.2, 0.25) is 0 Å². The van der Waals surface area contributed by atoms with Crippen molar-refractivity contribution in [2.24, 2.45) is 0 Å². The van der Waals surface area contributed by atoms with Gasteiger partial charge in [-0.1, -0.05) is 5.92 Å². The molecule has 4 heteroatoms. The van der Waals surface area contributed by atoms with Crippen LogP contribution in [-0.2, 0) is 4.79 Å². The molecule has 1 heterocycles. The van der Waals surface area contributed by atoms with Crippen molar-refractivity contribution in [3.63, 3.8) is 0 Å². The maximum atomic E-state index is 11.9. The SMILES string of the molecule is C#CCSCCN1CCC(NC2CC2)C1=O. The molecule has 88 valence electrons. The van der Waals surface area contributed by atoms with Gasteiger partial charge in [0.25, 0.3) is 0 Å². The lowest BCUT2D eigenvalue weighted by Crippen LogP contribution is -2.39. The summed E-state index contributed by atoms with van der Waals surface area (Å²) in [6.07, 6.45) is 8.62. The summed E-state index contributed by atoms with van der Waals surface area (Å²) in [5, 5.41) is 3.40. The van der Waals surface area contributed by atoms with Crippen molar-refractivity contribution in [2.45, 2.75) is 31.3 Å². The van der Waals surface area contributed by atoms with Crippen molar-refractivity contribution in [1.82, 2.24) is 10.2 Å². The summed E-state index contributed by atoms with van der Waals surface area (Å²) in [4.78, 5) is 13.9. The van der Waals surface area contributed by atoms with Gasteiger partial charge in [-0.3, -0.25) is 4.79 Å². The average Bonchev–Trinajstić information content (AvgIpc) is 3.03. The zero-order valence-electron chi connectivity index (χ0n) is 9.45. The summed E-state index contributed by atoms with van der Waals surface area (Å²) >= 11 is 1.72. The highest BCUT2D eigenvalue weighted by Crippen LogP contribution is 2.22. The van der Waals surface area contributed by atoms with Gasteiger partial charge >= 0.3 is 0 Å². The summed E-state index contributed by atoms with van der Waals surface area (Å²) in [5.41, 5.74) is 0. The van der Waals surface area contributed by atoms with Crippen molar-refractivity contribution in [3.8, 4) is 12.3 Å². The van der Waals surface area contributed by atoms with Crippen molar-refractivity contribution in [3.05, 3.63) is 0 Å². The van der Waals surface area contributed by atoms with E-state index in [0.717, 1.165) is 31.0 Å². The maximum absolute atomic E-state index is 11.9. The quantitative estimate of drug-likeness (QED) is 0.546. The van der Waals surface area contributed by atoms with E-state index in [-0.39, 0.29) is 11.9 Å². The predicted molar refractivity (Wildman–Crippen MR) is 67.3 cm³/mol. The second-order valence-electron chi connectivity index (χ2n) is 4.36. The zero-order chi connectivity index (χ0) is 11.4. The van der Waals surface area contributed by atoms with Gasteiger partial charge in [0, 0.05) is 24.9 Å². The molecule has 0 spiro atoms. The molecular formula is C12H18N2OS. The number of carbonyl (C=O) groups is 1. The van der Waals surface area contributed by atoms with Crippen molar-refractivity contribution in [1.29, 1.82) is 0 Å². The van der Waals surface area contributed by atoms with E-state index in [1.165, 1.54) is 12.8 Å². The van der Waals surface area contributed by atoms with Gasteiger partial charge in [-0.15, -0.1) is 18.2 Å². The molecule has 1 atom stereocenters. The summed E-state index contributed by atoms with van der Waals surface area (Å²) < 4.78 is 0. The topological polar surface area (TPSA) is 32.3 Å². The number of nitrogens with zero attached hydrogens (tertiary/aromatic N) is 1. The fraction of sp³-hybridized carbons (Fsp3) is 0.750. The van der Waals surface area contributed by atoms with Crippen LogP contribution in [0.25, 0.3) is 0 Å². The minimum atomic E-state index is 0.0881. The first-order valence-corrected chi connectivity index (χ1v) is 7.03. The minimum absolute atomic E-state index is 0.0881. The molecule has 0 aromatic carbocycles. The number of thioether (sulfide) groups is 1. The first kappa shape index (κ1) is 11.8. The molecule has 2 fully saturated rings. The Kier molecular flexibility index (Phi) is 4.14. The van der Waals surface area contributed by atoms with Crippen LogP contribution < -0.4 is 5.32 Å². The molecule has 1 aliphatic heterocycles. The summed E-state index contributed by atoms with van der Waals surface area (Å²) in [6, 6.07) is 0.704. The van der Waals surface area contributed by atoms with E-state index in [9.17, 15) is 4.79 Å². The molecule has 1 aliphatic carbocycles. The Morgan fingerprint density at radius 3 is 3.00 bits per heavy atom. The van der Waals surface area contributed by atoms with E-state index >= 15 is 0 Å². The highest BCUT2D eigenvalue weighted by Gasteiger charge is 2.35. The van der Waals surface area contributed by atoms with Crippen LogP contribution in [0.1, 0.15) is 19.3 Å². The summed E-state index contributed by atoms with van der Waals surface area (Å²) in [6.45, 7) is 1.74. The molecule has 0 aromatic rings. The van der Waals surface area contributed by atoms with Crippen molar-refractivity contribution < 1.29 is 4.79 Å². The Morgan fingerprint density at radius 1 is 1.50 bits per heavy atom. The molecule has 2 rings (SSSR count). The van der Waals surface area contributed by atoms with Crippen LogP contribution in [0, 0.1) is 12.3 Å². The lowest BCUT2D eigenvalue weighted by atomic mass is 10.2. The molecule has 0 aromatic heterocycles. The summed E-state index contributed by atoms with van der Waals surface area (Å²) in [5.74, 6) is 4.57. The first-order valence-electron chi connectivity index (χ1n) is 5.87. The number of terminal acetylenes is 1. The largest absolute Gasteiger partial charge is 0.340 e. The molecule has 3 nitrogen and oxygen atoms in total. The molecule has 1 saturated heterocycles. The molecule has 1 N–H and O–H groups in total. The van der Waals surface area contributed by atoms with Crippen LogP contribution in [0.15, 0.2) is 0 Å². The van der Waals surface area contributed by atoms with Gasteiger partial charge in [0.15, 0.2) is 0 Å². The Balaban J connectivity index is 1.67. The standard InChI is InChI=1S/C12H18N2OS/c1-2-8-16-9-7-14-6-5-11(12(14)15)13-10-3-4-10/h1,10-11,13H,3-9H2. The van der Waals surface area contributed by atoms with Crippen LogP contribution >= 0.6 is 11.8 Å². The number of amides is 1. The highest BCUT2D eigenvalue weighted by atomic mass is 32.2. The second kappa shape index (κ2) is 5.60. The van der Waals surface area contributed by atoms with Crippen molar-refractivity contribution in [2.75, 3.05) is 24.6 Å². The van der Waals surface area contributed by atoms with E-state index in [4.69, 9.17) is 6.42 Å². The average molecular weight is 238 g/mol. The third-order valence-corrected chi connectivity index (χ3v) is 3.84. The number of rotatable bonds is 6. The number of likely N-dealkylation sites (tertiary alicyclic amines) is 1.